The zero-order valence-electron chi connectivity index (χ0n) is 7.92. The van der Waals surface area contributed by atoms with E-state index >= 15 is 0 Å². The molecule has 1 aromatic rings. The third kappa shape index (κ3) is 1.74. The van der Waals surface area contributed by atoms with Gasteiger partial charge in [-0.3, -0.25) is 0 Å². The van der Waals surface area contributed by atoms with Crippen molar-refractivity contribution in [3.05, 3.63) is 29.3 Å². The van der Waals surface area contributed by atoms with E-state index in [0.29, 0.717) is 5.92 Å². The Morgan fingerprint density at radius 1 is 1.54 bits per heavy atom. The SMILES string of the molecule is Cc1ccc2c(c1)SCC2CCN. The molecule has 1 heterocycles. The summed E-state index contributed by atoms with van der Waals surface area (Å²) < 4.78 is 0. The van der Waals surface area contributed by atoms with Gasteiger partial charge in [-0.1, -0.05) is 17.7 Å². The quantitative estimate of drug-likeness (QED) is 0.781. The molecular formula is C11H15NS. The minimum atomic E-state index is 0.700. The Morgan fingerprint density at radius 2 is 2.38 bits per heavy atom. The van der Waals surface area contributed by atoms with Crippen molar-refractivity contribution >= 4 is 11.8 Å². The van der Waals surface area contributed by atoms with Crippen molar-refractivity contribution in [2.75, 3.05) is 12.3 Å². The molecule has 1 aromatic carbocycles. The first-order chi connectivity index (χ1) is 6.31. The van der Waals surface area contributed by atoms with Crippen molar-refractivity contribution < 1.29 is 0 Å². The fourth-order valence-corrected chi connectivity index (χ4v) is 3.22. The molecule has 0 saturated heterocycles. The zero-order chi connectivity index (χ0) is 9.26. The smallest absolute Gasteiger partial charge is 0.0110 e. The van der Waals surface area contributed by atoms with Gasteiger partial charge in [0, 0.05) is 10.6 Å². The highest BCUT2D eigenvalue weighted by molar-refractivity contribution is 7.99. The molecule has 0 bridgehead atoms. The minimum absolute atomic E-state index is 0.700. The van der Waals surface area contributed by atoms with Gasteiger partial charge in [0.2, 0.25) is 0 Å². The molecule has 1 nitrogen and oxygen atoms in total. The van der Waals surface area contributed by atoms with Gasteiger partial charge in [-0.25, -0.2) is 0 Å². The number of aryl methyl sites for hydroxylation is 1. The van der Waals surface area contributed by atoms with Crippen molar-refractivity contribution in [1.29, 1.82) is 0 Å². The summed E-state index contributed by atoms with van der Waals surface area (Å²) >= 11 is 1.97. The summed E-state index contributed by atoms with van der Waals surface area (Å²) in [6.07, 6.45) is 1.13. The molecule has 0 radical (unpaired) electrons. The summed E-state index contributed by atoms with van der Waals surface area (Å²) in [5, 5.41) is 0. The molecular weight excluding hydrogens is 178 g/mol. The van der Waals surface area contributed by atoms with E-state index in [1.807, 2.05) is 11.8 Å². The molecule has 0 saturated carbocycles. The van der Waals surface area contributed by atoms with Crippen LogP contribution >= 0.6 is 11.8 Å². The number of hydrogen-bond acceptors (Lipinski definition) is 2. The van der Waals surface area contributed by atoms with E-state index in [1.165, 1.54) is 21.8 Å². The largest absolute Gasteiger partial charge is 0.330 e. The molecule has 0 amide bonds. The van der Waals surface area contributed by atoms with Crippen LogP contribution < -0.4 is 5.73 Å². The Balaban J connectivity index is 2.27. The highest BCUT2D eigenvalue weighted by atomic mass is 32.2. The summed E-state index contributed by atoms with van der Waals surface area (Å²) in [6.45, 7) is 2.95. The van der Waals surface area contributed by atoms with Crippen LogP contribution in [0.3, 0.4) is 0 Å². The lowest BCUT2D eigenvalue weighted by Gasteiger charge is -2.08. The highest BCUT2D eigenvalue weighted by Gasteiger charge is 2.21. The van der Waals surface area contributed by atoms with Crippen LogP contribution in [0.1, 0.15) is 23.5 Å². The van der Waals surface area contributed by atoms with E-state index in [4.69, 9.17) is 5.73 Å². The monoisotopic (exact) mass is 193 g/mol. The maximum Gasteiger partial charge on any atom is 0.0110 e. The van der Waals surface area contributed by atoms with Crippen molar-refractivity contribution in [3.63, 3.8) is 0 Å². The van der Waals surface area contributed by atoms with Gasteiger partial charge in [0.25, 0.3) is 0 Å². The van der Waals surface area contributed by atoms with Crippen molar-refractivity contribution in [2.45, 2.75) is 24.2 Å². The van der Waals surface area contributed by atoms with Gasteiger partial charge in [-0.05, 0) is 37.4 Å². The van der Waals surface area contributed by atoms with Crippen LogP contribution in [-0.4, -0.2) is 12.3 Å². The van der Waals surface area contributed by atoms with Crippen LogP contribution in [-0.2, 0) is 0 Å². The zero-order valence-corrected chi connectivity index (χ0v) is 8.73. The number of hydrogen-bond donors (Lipinski definition) is 1. The number of thioether (sulfide) groups is 1. The first-order valence-corrected chi connectivity index (χ1v) is 5.73. The second kappa shape index (κ2) is 3.72. The van der Waals surface area contributed by atoms with Gasteiger partial charge >= 0.3 is 0 Å². The Bertz CT molecular complexity index is 309. The number of nitrogens with two attached hydrogens (primary N) is 1. The van der Waals surface area contributed by atoms with Gasteiger partial charge in [0.15, 0.2) is 0 Å². The summed E-state index contributed by atoms with van der Waals surface area (Å²) in [6, 6.07) is 6.76. The molecule has 0 spiro atoms. The first kappa shape index (κ1) is 9.10. The fourth-order valence-electron chi connectivity index (χ4n) is 1.82. The second-order valence-electron chi connectivity index (χ2n) is 3.63. The molecule has 1 atom stereocenters. The van der Waals surface area contributed by atoms with E-state index in [-0.39, 0.29) is 0 Å². The molecule has 0 fully saturated rings. The summed E-state index contributed by atoms with van der Waals surface area (Å²) in [4.78, 5) is 1.47. The lowest BCUT2D eigenvalue weighted by Crippen LogP contribution is -2.06. The topological polar surface area (TPSA) is 26.0 Å². The van der Waals surface area contributed by atoms with E-state index < -0.39 is 0 Å². The molecule has 2 rings (SSSR count). The van der Waals surface area contributed by atoms with Crippen molar-refractivity contribution in [2.24, 2.45) is 5.73 Å². The average Bonchev–Trinajstić information content (AvgIpc) is 2.49. The van der Waals surface area contributed by atoms with E-state index in [2.05, 4.69) is 25.1 Å². The molecule has 2 N–H and O–H groups in total. The van der Waals surface area contributed by atoms with E-state index in [9.17, 15) is 0 Å². The van der Waals surface area contributed by atoms with Gasteiger partial charge in [-0.2, -0.15) is 0 Å². The predicted octanol–water partition coefficient (Wildman–Crippen LogP) is 2.53. The van der Waals surface area contributed by atoms with Gasteiger partial charge in [-0.15, -0.1) is 11.8 Å². The first-order valence-electron chi connectivity index (χ1n) is 4.74. The van der Waals surface area contributed by atoms with Crippen LogP contribution in [0.4, 0.5) is 0 Å². The van der Waals surface area contributed by atoms with E-state index in [0.717, 1.165) is 13.0 Å². The van der Waals surface area contributed by atoms with E-state index in [1.54, 1.807) is 0 Å². The van der Waals surface area contributed by atoms with Crippen molar-refractivity contribution in [1.82, 2.24) is 0 Å². The molecule has 13 heavy (non-hydrogen) atoms. The lowest BCUT2D eigenvalue weighted by atomic mass is 9.97. The molecule has 1 unspecified atom stereocenters. The highest BCUT2D eigenvalue weighted by Crippen LogP contribution is 2.41. The summed E-state index contributed by atoms with van der Waals surface area (Å²) in [5.74, 6) is 1.92. The van der Waals surface area contributed by atoms with Crippen LogP contribution in [0, 0.1) is 6.92 Å². The fraction of sp³-hybridized carbons (Fsp3) is 0.455. The number of rotatable bonds is 2. The molecule has 1 aliphatic heterocycles. The third-order valence-electron chi connectivity index (χ3n) is 2.56. The Kier molecular flexibility index (Phi) is 2.61. The summed E-state index contributed by atoms with van der Waals surface area (Å²) in [7, 11) is 0. The number of benzene rings is 1. The third-order valence-corrected chi connectivity index (χ3v) is 3.80. The Hall–Kier alpha value is -0.470. The van der Waals surface area contributed by atoms with Crippen LogP contribution in [0.2, 0.25) is 0 Å². The van der Waals surface area contributed by atoms with Crippen LogP contribution in [0.15, 0.2) is 23.1 Å². The van der Waals surface area contributed by atoms with Gasteiger partial charge < -0.3 is 5.73 Å². The standard InChI is InChI=1S/C11H15NS/c1-8-2-3-10-9(4-5-12)7-13-11(10)6-8/h2-3,6,9H,4-5,7,12H2,1H3. The predicted molar refractivity (Wildman–Crippen MR) is 58.3 cm³/mol. The van der Waals surface area contributed by atoms with Crippen molar-refractivity contribution in [3.8, 4) is 0 Å². The van der Waals surface area contributed by atoms with Gasteiger partial charge in [0.05, 0.1) is 0 Å². The lowest BCUT2D eigenvalue weighted by molar-refractivity contribution is 0.701. The normalized spacial score (nSPS) is 20.3. The molecule has 0 aromatic heterocycles. The average molecular weight is 193 g/mol. The van der Waals surface area contributed by atoms with Crippen LogP contribution in [0.5, 0.6) is 0 Å². The van der Waals surface area contributed by atoms with Crippen LogP contribution in [0.25, 0.3) is 0 Å². The molecule has 70 valence electrons. The maximum absolute atomic E-state index is 5.59. The van der Waals surface area contributed by atoms with Gasteiger partial charge in [0.1, 0.15) is 0 Å². The Labute approximate surface area is 83.7 Å². The molecule has 0 aliphatic carbocycles. The maximum atomic E-state index is 5.59. The molecule has 2 heteroatoms. The molecule has 1 aliphatic rings. The summed E-state index contributed by atoms with van der Waals surface area (Å²) in [5.41, 5.74) is 8.46. The number of fused-ring (bicyclic) bond motifs is 1. The minimum Gasteiger partial charge on any atom is -0.330 e. The Morgan fingerprint density at radius 3 is 3.15 bits per heavy atom. The second-order valence-corrected chi connectivity index (χ2v) is 4.69.